The van der Waals surface area contributed by atoms with Gasteiger partial charge in [0.1, 0.15) is 0 Å². The van der Waals surface area contributed by atoms with E-state index in [4.69, 9.17) is 0 Å². The van der Waals surface area contributed by atoms with E-state index in [-0.39, 0.29) is 5.56 Å². The van der Waals surface area contributed by atoms with Crippen LogP contribution in [0.1, 0.15) is 13.3 Å². The molecule has 2 aliphatic heterocycles. The van der Waals surface area contributed by atoms with Crippen molar-refractivity contribution >= 4 is 5.82 Å². The Kier molecular flexibility index (Phi) is 4.03. The highest BCUT2D eigenvalue weighted by Crippen LogP contribution is 2.13. The fourth-order valence-corrected chi connectivity index (χ4v) is 2.90. The first-order valence-electron chi connectivity index (χ1n) is 7.54. The highest BCUT2D eigenvalue weighted by Gasteiger charge is 2.28. The van der Waals surface area contributed by atoms with E-state index in [1.54, 1.807) is 17.0 Å². The average molecular weight is 277 g/mol. The van der Waals surface area contributed by atoms with Crippen molar-refractivity contribution in [1.82, 2.24) is 19.8 Å². The van der Waals surface area contributed by atoms with Crippen molar-refractivity contribution in [1.29, 1.82) is 0 Å². The lowest BCUT2D eigenvalue weighted by Gasteiger charge is -2.43. The second-order valence-electron chi connectivity index (χ2n) is 5.58. The van der Waals surface area contributed by atoms with Gasteiger partial charge < -0.3 is 14.8 Å². The summed E-state index contributed by atoms with van der Waals surface area (Å²) in [6.45, 7) is 8.90. The second-order valence-corrected chi connectivity index (χ2v) is 5.58. The van der Waals surface area contributed by atoms with Crippen LogP contribution in [0.5, 0.6) is 0 Å². The Hall–Kier alpha value is -1.40. The van der Waals surface area contributed by atoms with Crippen molar-refractivity contribution in [2.75, 3.05) is 44.2 Å². The van der Waals surface area contributed by atoms with Gasteiger partial charge in [0.25, 0.3) is 5.56 Å². The van der Waals surface area contributed by atoms with E-state index in [2.05, 4.69) is 27.0 Å². The molecule has 110 valence electrons. The number of aryl methyl sites for hydroxylation is 1. The number of nitrogens with zero attached hydrogens (tertiary/aromatic N) is 4. The van der Waals surface area contributed by atoms with Gasteiger partial charge in [-0.2, -0.15) is 0 Å². The molecule has 0 atom stereocenters. The van der Waals surface area contributed by atoms with Crippen LogP contribution < -0.4 is 15.8 Å². The Morgan fingerprint density at radius 3 is 2.65 bits per heavy atom. The molecule has 0 aliphatic carbocycles. The second kappa shape index (κ2) is 5.93. The zero-order valence-corrected chi connectivity index (χ0v) is 12.1. The number of rotatable bonds is 4. The molecule has 0 saturated carbocycles. The van der Waals surface area contributed by atoms with Gasteiger partial charge in [-0.25, -0.2) is 4.98 Å². The molecule has 6 heteroatoms. The van der Waals surface area contributed by atoms with Gasteiger partial charge in [0.05, 0.1) is 0 Å². The van der Waals surface area contributed by atoms with E-state index in [1.807, 2.05) is 0 Å². The third kappa shape index (κ3) is 2.58. The molecular formula is C14H23N5O. The van der Waals surface area contributed by atoms with Crippen LogP contribution in [-0.2, 0) is 6.54 Å². The number of anilines is 1. The zero-order chi connectivity index (χ0) is 13.9. The molecule has 0 bridgehead atoms. The largest absolute Gasteiger partial charge is 0.349 e. The Morgan fingerprint density at radius 2 is 2.05 bits per heavy atom. The minimum atomic E-state index is 0.0492. The van der Waals surface area contributed by atoms with E-state index in [9.17, 15) is 4.79 Å². The minimum absolute atomic E-state index is 0.0492. The first-order chi connectivity index (χ1) is 9.79. The number of piperazine rings is 1. The monoisotopic (exact) mass is 277 g/mol. The van der Waals surface area contributed by atoms with Gasteiger partial charge in [-0.15, -0.1) is 0 Å². The van der Waals surface area contributed by atoms with Crippen molar-refractivity contribution < 1.29 is 0 Å². The third-order valence-electron chi connectivity index (χ3n) is 4.25. The zero-order valence-electron chi connectivity index (χ0n) is 12.1. The van der Waals surface area contributed by atoms with Crippen LogP contribution in [0.25, 0.3) is 0 Å². The highest BCUT2D eigenvalue weighted by atomic mass is 16.1. The first kappa shape index (κ1) is 13.6. The van der Waals surface area contributed by atoms with Gasteiger partial charge >= 0.3 is 0 Å². The van der Waals surface area contributed by atoms with Crippen LogP contribution in [0.3, 0.4) is 0 Å². The molecule has 0 aromatic carbocycles. The lowest BCUT2D eigenvalue weighted by molar-refractivity contribution is 0.137. The molecule has 2 aliphatic rings. The summed E-state index contributed by atoms with van der Waals surface area (Å²) in [6.07, 6.45) is 4.49. The summed E-state index contributed by atoms with van der Waals surface area (Å²) >= 11 is 0. The molecule has 20 heavy (non-hydrogen) atoms. The molecule has 0 radical (unpaired) electrons. The molecule has 2 fully saturated rings. The predicted octanol–water partition coefficient (Wildman–Crippen LogP) is -0.253. The van der Waals surface area contributed by atoms with Gasteiger partial charge in [0, 0.05) is 64.2 Å². The molecule has 0 amide bonds. The number of hydrogen-bond donors (Lipinski definition) is 1. The van der Waals surface area contributed by atoms with E-state index >= 15 is 0 Å². The van der Waals surface area contributed by atoms with Crippen LogP contribution in [0.2, 0.25) is 0 Å². The van der Waals surface area contributed by atoms with Crippen molar-refractivity contribution in [3.8, 4) is 0 Å². The molecule has 6 nitrogen and oxygen atoms in total. The van der Waals surface area contributed by atoms with Crippen LogP contribution in [0.15, 0.2) is 17.2 Å². The highest BCUT2D eigenvalue weighted by molar-refractivity contribution is 5.36. The number of hydrogen-bond acceptors (Lipinski definition) is 5. The third-order valence-corrected chi connectivity index (χ3v) is 4.25. The maximum absolute atomic E-state index is 12.4. The van der Waals surface area contributed by atoms with E-state index in [1.165, 1.54) is 0 Å². The predicted molar refractivity (Wildman–Crippen MR) is 79.2 cm³/mol. The maximum Gasteiger partial charge on any atom is 0.293 e. The molecule has 1 N–H and O–H groups in total. The summed E-state index contributed by atoms with van der Waals surface area (Å²) in [6, 6.07) is 0.692. The normalized spacial score (nSPS) is 20.9. The summed E-state index contributed by atoms with van der Waals surface area (Å²) in [4.78, 5) is 21.3. The van der Waals surface area contributed by atoms with Crippen molar-refractivity contribution in [2.24, 2.45) is 0 Å². The molecule has 3 rings (SSSR count). The van der Waals surface area contributed by atoms with Crippen LogP contribution >= 0.6 is 0 Å². The minimum Gasteiger partial charge on any atom is -0.349 e. The van der Waals surface area contributed by atoms with Crippen molar-refractivity contribution in [3.63, 3.8) is 0 Å². The lowest BCUT2D eigenvalue weighted by Crippen LogP contribution is -2.62. The molecule has 0 unspecified atom stereocenters. The molecular weight excluding hydrogens is 254 g/mol. The molecule has 1 aromatic rings. The van der Waals surface area contributed by atoms with Crippen LogP contribution in [0, 0.1) is 0 Å². The summed E-state index contributed by atoms with van der Waals surface area (Å²) < 4.78 is 1.77. The summed E-state index contributed by atoms with van der Waals surface area (Å²) in [5.74, 6) is 0.618. The number of aromatic nitrogens is 2. The quantitative estimate of drug-likeness (QED) is 0.822. The smallest absolute Gasteiger partial charge is 0.293 e. The van der Waals surface area contributed by atoms with Gasteiger partial charge in [0.15, 0.2) is 5.82 Å². The topological polar surface area (TPSA) is 53.4 Å². The summed E-state index contributed by atoms with van der Waals surface area (Å²) in [5, 5.41) is 3.31. The Labute approximate surface area is 119 Å². The Bertz CT molecular complexity index is 503. The molecule has 3 heterocycles. The van der Waals surface area contributed by atoms with Crippen LogP contribution in [-0.4, -0.2) is 59.8 Å². The van der Waals surface area contributed by atoms with Crippen LogP contribution in [0.4, 0.5) is 5.82 Å². The fourth-order valence-electron chi connectivity index (χ4n) is 2.90. The Morgan fingerprint density at radius 1 is 1.30 bits per heavy atom. The van der Waals surface area contributed by atoms with E-state index in [0.717, 1.165) is 52.2 Å². The molecule has 2 saturated heterocycles. The summed E-state index contributed by atoms with van der Waals surface area (Å²) in [5.41, 5.74) is 0.0492. The first-order valence-corrected chi connectivity index (χ1v) is 7.54. The lowest BCUT2D eigenvalue weighted by atomic mass is 10.1. The van der Waals surface area contributed by atoms with Gasteiger partial charge in [-0.1, -0.05) is 6.92 Å². The van der Waals surface area contributed by atoms with Gasteiger partial charge in [-0.05, 0) is 6.42 Å². The summed E-state index contributed by atoms with van der Waals surface area (Å²) in [7, 11) is 0. The van der Waals surface area contributed by atoms with E-state index in [0.29, 0.717) is 11.9 Å². The molecule has 0 spiro atoms. The van der Waals surface area contributed by atoms with E-state index < -0.39 is 0 Å². The fraction of sp³-hybridized carbons (Fsp3) is 0.714. The maximum atomic E-state index is 12.4. The SMILES string of the molecule is CCCn1ccnc(N2CCN(C3CNC3)CC2)c1=O. The van der Waals surface area contributed by atoms with Crippen molar-refractivity contribution in [2.45, 2.75) is 25.9 Å². The number of nitrogens with one attached hydrogen (secondary N) is 1. The Balaban J connectivity index is 1.68. The van der Waals surface area contributed by atoms with Gasteiger partial charge in [-0.3, -0.25) is 9.69 Å². The van der Waals surface area contributed by atoms with Gasteiger partial charge in [0.2, 0.25) is 0 Å². The molecule has 1 aromatic heterocycles. The van der Waals surface area contributed by atoms with Crippen molar-refractivity contribution in [3.05, 3.63) is 22.7 Å². The average Bonchev–Trinajstić information content (AvgIpc) is 2.41. The standard InChI is InChI=1S/C14H23N5O/c1-2-4-19-5-3-16-13(14(19)20)18-8-6-17(7-9-18)12-10-15-11-12/h3,5,12,15H,2,4,6-11H2,1H3.